The van der Waals surface area contributed by atoms with E-state index in [9.17, 15) is 5.11 Å². The number of hydrogen-bond donors (Lipinski definition) is 1. The standard InChI is InChI=1S/C11H18O3/c1-13-8-2-4-10(12)6-7-11-5-3-9-14-11/h3,5,9-10,12H,2,4,6-8H2,1H3. The average Bonchev–Trinajstić information content (AvgIpc) is 2.68. The van der Waals surface area contributed by atoms with E-state index in [4.69, 9.17) is 9.15 Å². The maximum atomic E-state index is 9.58. The lowest BCUT2D eigenvalue weighted by atomic mass is 10.1. The molecule has 0 aliphatic carbocycles. The fraction of sp³-hybridized carbons (Fsp3) is 0.636. The molecule has 1 atom stereocenters. The summed E-state index contributed by atoms with van der Waals surface area (Å²) in [6, 6.07) is 3.80. The van der Waals surface area contributed by atoms with Crippen LogP contribution in [0.4, 0.5) is 0 Å². The molecule has 0 saturated carbocycles. The van der Waals surface area contributed by atoms with Crippen LogP contribution in [-0.2, 0) is 11.2 Å². The van der Waals surface area contributed by atoms with Crippen molar-refractivity contribution in [3.63, 3.8) is 0 Å². The third-order valence-corrected chi connectivity index (χ3v) is 2.19. The Balaban J connectivity index is 2.06. The van der Waals surface area contributed by atoms with Gasteiger partial charge in [-0.05, 0) is 31.4 Å². The van der Waals surface area contributed by atoms with E-state index in [0.29, 0.717) is 0 Å². The van der Waals surface area contributed by atoms with E-state index < -0.39 is 0 Å². The Labute approximate surface area is 84.7 Å². The first-order valence-corrected chi connectivity index (χ1v) is 5.02. The Bertz CT molecular complexity index is 218. The van der Waals surface area contributed by atoms with E-state index in [1.807, 2.05) is 12.1 Å². The van der Waals surface area contributed by atoms with Gasteiger partial charge in [-0.2, -0.15) is 0 Å². The van der Waals surface area contributed by atoms with Gasteiger partial charge in [0.2, 0.25) is 0 Å². The average molecular weight is 198 g/mol. The zero-order valence-corrected chi connectivity index (χ0v) is 8.61. The van der Waals surface area contributed by atoms with Gasteiger partial charge in [0.25, 0.3) is 0 Å². The molecule has 0 bridgehead atoms. The van der Waals surface area contributed by atoms with Gasteiger partial charge in [0.15, 0.2) is 0 Å². The minimum absolute atomic E-state index is 0.241. The summed E-state index contributed by atoms with van der Waals surface area (Å²) in [6.45, 7) is 0.720. The van der Waals surface area contributed by atoms with Crippen molar-refractivity contribution < 1.29 is 14.3 Å². The molecule has 0 aromatic carbocycles. The third-order valence-electron chi connectivity index (χ3n) is 2.19. The Hall–Kier alpha value is -0.800. The number of rotatable bonds is 7. The Kier molecular flexibility index (Phi) is 5.33. The summed E-state index contributed by atoms with van der Waals surface area (Å²) in [5.41, 5.74) is 0. The van der Waals surface area contributed by atoms with Gasteiger partial charge in [0.1, 0.15) is 5.76 Å². The molecule has 0 spiro atoms. The van der Waals surface area contributed by atoms with Crippen molar-refractivity contribution in [1.29, 1.82) is 0 Å². The molecule has 1 rings (SSSR count). The summed E-state index contributed by atoms with van der Waals surface area (Å²) in [5, 5.41) is 9.58. The zero-order chi connectivity index (χ0) is 10.2. The molecule has 0 amide bonds. The molecule has 0 saturated heterocycles. The van der Waals surface area contributed by atoms with E-state index in [-0.39, 0.29) is 6.10 Å². The van der Waals surface area contributed by atoms with E-state index in [2.05, 4.69) is 0 Å². The number of hydrogen-bond acceptors (Lipinski definition) is 3. The number of ether oxygens (including phenoxy) is 1. The Morgan fingerprint density at radius 2 is 2.36 bits per heavy atom. The maximum absolute atomic E-state index is 9.58. The molecule has 3 heteroatoms. The van der Waals surface area contributed by atoms with E-state index >= 15 is 0 Å². The van der Waals surface area contributed by atoms with Crippen LogP contribution in [0.5, 0.6) is 0 Å². The molecule has 1 N–H and O–H groups in total. The largest absolute Gasteiger partial charge is 0.469 e. The highest BCUT2D eigenvalue weighted by atomic mass is 16.5. The molecule has 0 aliphatic rings. The summed E-state index contributed by atoms with van der Waals surface area (Å²) < 4.78 is 10.1. The predicted octanol–water partition coefficient (Wildman–Crippen LogP) is 2.00. The van der Waals surface area contributed by atoms with Crippen LogP contribution >= 0.6 is 0 Å². The van der Waals surface area contributed by atoms with Crippen LogP contribution in [0.15, 0.2) is 22.8 Å². The highest BCUT2D eigenvalue weighted by molar-refractivity contribution is 4.98. The van der Waals surface area contributed by atoms with Crippen molar-refractivity contribution in [3.8, 4) is 0 Å². The molecule has 80 valence electrons. The van der Waals surface area contributed by atoms with Crippen LogP contribution in [0, 0.1) is 0 Å². The lowest BCUT2D eigenvalue weighted by Crippen LogP contribution is -2.08. The number of aryl methyl sites for hydroxylation is 1. The second kappa shape index (κ2) is 6.62. The van der Waals surface area contributed by atoms with Gasteiger partial charge >= 0.3 is 0 Å². The van der Waals surface area contributed by atoms with Crippen molar-refractivity contribution in [2.24, 2.45) is 0 Å². The quantitative estimate of drug-likeness (QED) is 0.681. The lowest BCUT2D eigenvalue weighted by molar-refractivity contribution is 0.127. The SMILES string of the molecule is COCCCC(O)CCc1ccco1. The molecular formula is C11H18O3. The number of methoxy groups -OCH3 is 1. The molecule has 0 fully saturated rings. The Morgan fingerprint density at radius 1 is 1.50 bits per heavy atom. The van der Waals surface area contributed by atoms with Gasteiger partial charge in [-0.3, -0.25) is 0 Å². The number of aliphatic hydroxyl groups excluding tert-OH is 1. The lowest BCUT2D eigenvalue weighted by Gasteiger charge is -2.08. The molecule has 1 aromatic rings. The molecule has 3 nitrogen and oxygen atoms in total. The Morgan fingerprint density at radius 3 is 3.00 bits per heavy atom. The molecule has 0 radical (unpaired) electrons. The van der Waals surface area contributed by atoms with Gasteiger partial charge in [0.05, 0.1) is 12.4 Å². The van der Waals surface area contributed by atoms with E-state index in [0.717, 1.165) is 38.1 Å². The third kappa shape index (κ3) is 4.44. The van der Waals surface area contributed by atoms with Gasteiger partial charge in [-0.15, -0.1) is 0 Å². The van der Waals surface area contributed by atoms with Crippen molar-refractivity contribution in [2.75, 3.05) is 13.7 Å². The summed E-state index contributed by atoms with van der Waals surface area (Å²) >= 11 is 0. The monoisotopic (exact) mass is 198 g/mol. The first kappa shape index (κ1) is 11.3. The van der Waals surface area contributed by atoms with Crippen molar-refractivity contribution in [1.82, 2.24) is 0 Å². The van der Waals surface area contributed by atoms with Crippen molar-refractivity contribution in [3.05, 3.63) is 24.2 Å². The summed E-state index contributed by atoms with van der Waals surface area (Å²) in [7, 11) is 1.68. The van der Waals surface area contributed by atoms with Gasteiger partial charge in [0, 0.05) is 20.1 Å². The molecule has 1 aromatic heterocycles. The molecular weight excluding hydrogens is 180 g/mol. The number of furan rings is 1. The molecule has 0 aliphatic heterocycles. The van der Waals surface area contributed by atoms with Crippen molar-refractivity contribution in [2.45, 2.75) is 31.8 Å². The zero-order valence-electron chi connectivity index (χ0n) is 8.61. The maximum Gasteiger partial charge on any atom is 0.103 e. The highest BCUT2D eigenvalue weighted by Crippen LogP contribution is 2.09. The molecule has 1 unspecified atom stereocenters. The van der Waals surface area contributed by atoms with E-state index in [1.165, 1.54) is 0 Å². The fourth-order valence-electron chi connectivity index (χ4n) is 1.37. The second-order valence-electron chi connectivity index (χ2n) is 3.41. The van der Waals surface area contributed by atoms with Gasteiger partial charge in [-0.25, -0.2) is 0 Å². The molecule has 14 heavy (non-hydrogen) atoms. The summed E-state index contributed by atoms with van der Waals surface area (Å²) in [4.78, 5) is 0. The van der Waals surface area contributed by atoms with Crippen LogP contribution in [0.2, 0.25) is 0 Å². The van der Waals surface area contributed by atoms with Gasteiger partial charge in [-0.1, -0.05) is 0 Å². The highest BCUT2D eigenvalue weighted by Gasteiger charge is 2.05. The van der Waals surface area contributed by atoms with Crippen LogP contribution in [-0.4, -0.2) is 24.9 Å². The van der Waals surface area contributed by atoms with Crippen molar-refractivity contribution >= 4 is 0 Å². The minimum Gasteiger partial charge on any atom is -0.469 e. The van der Waals surface area contributed by atoms with E-state index in [1.54, 1.807) is 13.4 Å². The first-order valence-electron chi connectivity index (χ1n) is 5.02. The summed E-state index contributed by atoms with van der Waals surface area (Å²) in [5.74, 6) is 0.941. The topological polar surface area (TPSA) is 42.6 Å². The van der Waals surface area contributed by atoms with Crippen LogP contribution in [0.1, 0.15) is 25.0 Å². The molecule has 1 heterocycles. The van der Waals surface area contributed by atoms with Crippen LogP contribution < -0.4 is 0 Å². The second-order valence-corrected chi connectivity index (χ2v) is 3.41. The fourth-order valence-corrected chi connectivity index (χ4v) is 1.37. The number of aliphatic hydroxyl groups is 1. The van der Waals surface area contributed by atoms with Gasteiger partial charge < -0.3 is 14.3 Å². The summed E-state index contributed by atoms with van der Waals surface area (Å²) in [6.07, 6.45) is 4.70. The predicted molar refractivity (Wildman–Crippen MR) is 54.1 cm³/mol. The normalized spacial score (nSPS) is 13.0. The smallest absolute Gasteiger partial charge is 0.103 e. The first-order chi connectivity index (χ1) is 6.83. The van der Waals surface area contributed by atoms with Crippen LogP contribution in [0.25, 0.3) is 0 Å². The minimum atomic E-state index is -0.241. The van der Waals surface area contributed by atoms with Crippen LogP contribution in [0.3, 0.4) is 0 Å².